The molecule has 0 unspecified atom stereocenters. The Hall–Kier alpha value is -2.61. The molecule has 1 amide bonds. The largest absolute Gasteiger partial charge is 0.464 e. The summed E-state index contributed by atoms with van der Waals surface area (Å²) in [5.74, 6) is -0.909. The second-order valence-corrected chi connectivity index (χ2v) is 8.98. The molecule has 3 aliphatic rings. The van der Waals surface area contributed by atoms with E-state index in [-0.39, 0.29) is 25.0 Å². The maximum Gasteiger partial charge on any atom is 0.416 e. The molecule has 1 aromatic rings. The van der Waals surface area contributed by atoms with E-state index < -0.39 is 28.7 Å². The van der Waals surface area contributed by atoms with Crippen molar-refractivity contribution in [1.29, 1.82) is 0 Å². The number of likely N-dealkylation sites (tertiary alicyclic amines) is 2. The minimum Gasteiger partial charge on any atom is -0.464 e. The van der Waals surface area contributed by atoms with E-state index >= 15 is 0 Å². The molecule has 3 atom stereocenters. The van der Waals surface area contributed by atoms with Crippen LogP contribution in [0.5, 0.6) is 0 Å². The molecular formula is C25H29F3N2O3. The Labute approximate surface area is 191 Å². The summed E-state index contributed by atoms with van der Waals surface area (Å²) in [6.07, 6.45) is 5.17. The van der Waals surface area contributed by atoms with Gasteiger partial charge in [-0.3, -0.25) is 9.69 Å². The molecule has 0 saturated carbocycles. The lowest BCUT2D eigenvalue weighted by Gasteiger charge is -2.40. The number of unbranched alkanes of at least 4 members (excludes halogenated alkanes) is 1. The van der Waals surface area contributed by atoms with Gasteiger partial charge in [-0.05, 0) is 37.6 Å². The molecule has 2 heterocycles. The molecule has 178 valence electrons. The van der Waals surface area contributed by atoms with Crippen LogP contribution in [-0.2, 0) is 27.0 Å². The monoisotopic (exact) mass is 462 g/mol. The van der Waals surface area contributed by atoms with Crippen LogP contribution < -0.4 is 0 Å². The standard InChI is InChI=1S/C25H29F3N2O3/c1-3-5-14-30-16-20-8-6-7-13-23(20)17-29(21(31)24(23,30)22(32)33-4-2)15-18-9-11-19(12-10-18)25(26,27)28/h6-13,20H,3-5,14-17H2,1-2H3/t20-,23+,24-/m0/s1. The first-order valence-electron chi connectivity index (χ1n) is 11.4. The summed E-state index contributed by atoms with van der Waals surface area (Å²) in [6.45, 7) is 5.55. The van der Waals surface area contributed by atoms with Gasteiger partial charge >= 0.3 is 12.1 Å². The van der Waals surface area contributed by atoms with Crippen molar-refractivity contribution in [2.75, 3.05) is 26.2 Å². The number of allylic oxidation sites excluding steroid dienone is 2. The van der Waals surface area contributed by atoms with Crippen molar-refractivity contribution in [3.8, 4) is 0 Å². The van der Waals surface area contributed by atoms with E-state index in [1.807, 2.05) is 23.1 Å². The average Bonchev–Trinajstić information content (AvgIpc) is 3.19. The van der Waals surface area contributed by atoms with Gasteiger partial charge in [-0.2, -0.15) is 13.2 Å². The SMILES string of the molecule is CCCCN1C[C@@H]2C=CC=C[C@@]23CN(Cc2ccc(C(F)(F)F)cc2)C(=O)[C@@]13C(=O)OCC. The molecule has 2 saturated heterocycles. The number of alkyl halides is 3. The molecule has 1 aliphatic carbocycles. The smallest absolute Gasteiger partial charge is 0.416 e. The zero-order valence-electron chi connectivity index (χ0n) is 18.9. The van der Waals surface area contributed by atoms with Crippen molar-refractivity contribution >= 4 is 11.9 Å². The van der Waals surface area contributed by atoms with Gasteiger partial charge in [0, 0.05) is 25.6 Å². The summed E-state index contributed by atoms with van der Waals surface area (Å²) in [5.41, 5.74) is -2.39. The molecular weight excluding hydrogens is 433 g/mol. The number of rotatable bonds is 7. The first-order chi connectivity index (χ1) is 15.7. The minimum absolute atomic E-state index is 0.0367. The highest BCUT2D eigenvalue weighted by molar-refractivity contribution is 6.11. The molecule has 5 nitrogen and oxygen atoms in total. The molecule has 0 radical (unpaired) electrons. The van der Waals surface area contributed by atoms with Crippen LogP contribution in [0.25, 0.3) is 0 Å². The van der Waals surface area contributed by atoms with Crippen LogP contribution in [0, 0.1) is 11.3 Å². The molecule has 8 heteroatoms. The Morgan fingerprint density at radius 1 is 1.18 bits per heavy atom. The van der Waals surface area contributed by atoms with E-state index in [1.54, 1.807) is 11.8 Å². The molecule has 2 aliphatic heterocycles. The van der Waals surface area contributed by atoms with Crippen molar-refractivity contribution in [2.24, 2.45) is 11.3 Å². The average molecular weight is 463 g/mol. The van der Waals surface area contributed by atoms with Gasteiger partial charge in [-0.1, -0.05) is 49.8 Å². The molecule has 0 N–H and O–H groups in total. The van der Waals surface area contributed by atoms with Crippen molar-refractivity contribution in [3.05, 3.63) is 59.7 Å². The second-order valence-electron chi connectivity index (χ2n) is 8.98. The summed E-state index contributed by atoms with van der Waals surface area (Å²) in [5, 5.41) is 0. The van der Waals surface area contributed by atoms with Gasteiger partial charge in [0.2, 0.25) is 5.54 Å². The molecule has 2 fully saturated rings. The molecule has 0 aromatic heterocycles. The normalized spacial score (nSPS) is 28.8. The fourth-order valence-electron chi connectivity index (χ4n) is 5.63. The zero-order valence-corrected chi connectivity index (χ0v) is 18.9. The maximum absolute atomic E-state index is 14.0. The van der Waals surface area contributed by atoms with Crippen LogP contribution in [0.3, 0.4) is 0 Å². The lowest BCUT2D eigenvalue weighted by molar-refractivity contribution is -0.165. The lowest BCUT2D eigenvalue weighted by Crippen LogP contribution is -2.63. The lowest BCUT2D eigenvalue weighted by atomic mass is 9.65. The highest BCUT2D eigenvalue weighted by atomic mass is 19.4. The van der Waals surface area contributed by atoms with Gasteiger partial charge < -0.3 is 9.64 Å². The van der Waals surface area contributed by atoms with Crippen LogP contribution >= 0.6 is 0 Å². The van der Waals surface area contributed by atoms with Crippen molar-refractivity contribution in [1.82, 2.24) is 9.80 Å². The molecule has 1 spiro atoms. The van der Waals surface area contributed by atoms with E-state index in [9.17, 15) is 22.8 Å². The van der Waals surface area contributed by atoms with Crippen LogP contribution in [0.1, 0.15) is 37.8 Å². The van der Waals surface area contributed by atoms with Crippen molar-refractivity contribution in [2.45, 2.75) is 44.9 Å². The van der Waals surface area contributed by atoms with Crippen LogP contribution in [-0.4, -0.2) is 53.5 Å². The number of hydrogen-bond acceptors (Lipinski definition) is 4. The number of hydrogen-bond donors (Lipinski definition) is 0. The number of amides is 1. The third-order valence-corrected chi connectivity index (χ3v) is 7.13. The number of benzene rings is 1. The number of carbonyl (C=O) groups excluding carboxylic acids is 2. The second kappa shape index (κ2) is 8.63. The molecule has 1 aromatic carbocycles. The van der Waals surface area contributed by atoms with Gasteiger partial charge in [0.1, 0.15) is 0 Å². The van der Waals surface area contributed by atoms with E-state index in [0.29, 0.717) is 25.2 Å². The number of carbonyl (C=O) groups is 2. The molecule has 0 bridgehead atoms. The summed E-state index contributed by atoms with van der Waals surface area (Å²) in [4.78, 5) is 31.2. The van der Waals surface area contributed by atoms with Crippen LogP contribution in [0.2, 0.25) is 0 Å². The summed E-state index contributed by atoms with van der Waals surface area (Å²) < 4.78 is 44.3. The van der Waals surface area contributed by atoms with E-state index in [0.717, 1.165) is 25.0 Å². The highest BCUT2D eigenvalue weighted by Crippen LogP contribution is 2.58. The first-order valence-corrected chi connectivity index (χ1v) is 11.4. The predicted octanol–water partition coefficient (Wildman–Crippen LogP) is 4.19. The Bertz CT molecular complexity index is 972. The van der Waals surface area contributed by atoms with Crippen LogP contribution in [0.4, 0.5) is 13.2 Å². The Kier molecular flexibility index (Phi) is 6.16. The highest BCUT2D eigenvalue weighted by Gasteiger charge is 2.76. The van der Waals surface area contributed by atoms with E-state index in [2.05, 4.69) is 13.0 Å². The Morgan fingerprint density at radius 3 is 2.55 bits per heavy atom. The third kappa shape index (κ3) is 3.59. The number of esters is 1. The topological polar surface area (TPSA) is 49.9 Å². The number of ether oxygens (including phenoxy) is 1. The summed E-state index contributed by atoms with van der Waals surface area (Å²) in [7, 11) is 0. The summed E-state index contributed by atoms with van der Waals surface area (Å²) >= 11 is 0. The third-order valence-electron chi connectivity index (χ3n) is 7.13. The predicted molar refractivity (Wildman–Crippen MR) is 117 cm³/mol. The van der Waals surface area contributed by atoms with Gasteiger partial charge in [-0.25, -0.2) is 4.79 Å². The van der Waals surface area contributed by atoms with Gasteiger partial charge in [0.15, 0.2) is 0 Å². The molecule has 4 rings (SSSR count). The van der Waals surface area contributed by atoms with Crippen molar-refractivity contribution < 1.29 is 27.5 Å². The van der Waals surface area contributed by atoms with Crippen LogP contribution in [0.15, 0.2) is 48.6 Å². The van der Waals surface area contributed by atoms with E-state index in [4.69, 9.17) is 4.74 Å². The number of nitrogens with zero attached hydrogens (tertiary/aromatic N) is 2. The van der Waals surface area contributed by atoms with Gasteiger partial charge in [0.05, 0.1) is 17.6 Å². The maximum atomic E-state index is 14.0. The minimum atomic E-state index is -4.42. The van der Waals surface area contributed by atoms with Crippen molar-refractivity contribution in [3.63, 3.8) is 0 Å². The summed E-state index contributed by atoms with van der Waals surface area (Å²) in [6, 6.07) is 4.83. The number of halogens is 3. The Morgan fingerprint density at radius 2 is 1.91 bits per heavy atom. The van der Waals surface area contributed by atoms with E-state index in [1.165, 1.54) is 12.1 Å². The zero-order chi connectivity index (χ0) is 23.9. The fourth-order valence-corrected chi connectivity index (χ4v) is 5.63. The van der Waals surface area contributed by atoms with Gasteiger partial charge in [0.25, 0.3) is 5.91 Å². The Balaban J connectivity index is 1.72. The fraction of sp³-hybridized carbons (Fsp3) is 0.520. The molecule has 33 heavy (non-hydrogen) atoms. The first kappa shape index (κ1) is 23.5. The quantitative estimate of drug-likeness (QED) is 0.450. The van der Waals surface area contributed by atoms with Gasteiger partial charge in [-0.15, -0.1) is 0 Å².